The number of aryl methyl sites for hydroxylation is 1. The molecule has 0 bridgehead atoms. The molecular weight excluding hydrogens is 426 g/mol. The number of para-hydroxylation sites is 1. The number of carbonyl (C=O) groups excluding carboxylic acids is 2. The van der Waals surface area contributed by atoms with Crippen molar-refractivity contribution in [1.29, 1.82) is 0 Å². The molecule has 2 aliphatic heterocycles. The zero-order valence-electron chi connectivity index (χ0n) is 17.3. The Labute approximate surface area is 186 Å². The molecule has 3 aromatic rings. The van der Waals surface area contributed by atoms with Gasteiger partial charge in [-0.2, -0.15) is 0 Å². The minimum atomic E-state index is -3.67. The number of benzene rings is 2. The fourth-order valence-corrected chi connectivity index (χ4v) is 5.80. The number of amides is 2. The van der Waals surface area contributed by atoms with Crippen LogP contribution in [0.2, 0.25) is 0 Å². The van der Waals surface area contributed by atoms with E-state index in [9.17, 15) is 18.0 Å². The lowest BCUT2D eigenvalue weighted by Crippen LogP contribution is -2.35. The van der Waals surface area contributed by atoms with Crippen molar-refractivity contribution in [2.75, 3.05) is 17.4 Å². The first-order chi connectivity index (χ1) is 15.5. The van der Waals surface area contributed by atoms with Gasteiger partial charge in [0.05, 0.1) is 16.1 Å². The van der Waals surface area contributed by atoms with Crippen molar-refractivity contribution in [2.24, 2.45) is 0 Å². The van der Waals surface area contributed by atoms with E-state index in [0.717, 1.165) is 29.7 Å². The summed E-state index contributed by atoms with van der Waals surface area (Å²) in [6.45, 7) is 0.661. The van der Waals surface area contributed by atoms with Gasteiger partial charge in [-0.1, -0.05) is 30.3 Å². The predicted octanol–water partition coefficient (Wildman–Crippen LogP) is 3.06. The van der Waals surface area contributed by atoms with Gasteiger partial charge >= 0.3 is 0 Å². The maximum absolute atomic E-state index is 13.3. The highest BCUT2D eigenvalue weighted by Gasteiger charge is 2.36. The van der Waals surface area contributed by atoms with Crippen molar-refractivity contribution in [3.8, 4) is 0 Å². The molecular formula is C24H21N3O4S. The van der Waals surface area contributed by atoms with Gasteiger partial charge in [-0.3, -0.25) is 23.8 Å². The molecule has 162 valence electrons. The lowest BCUT2D eigenvalue weighted by molar-refractivity contribution is 0.0654. The molecule has 0 atom stereocenters. The lowest BCUT2D eigenvalue weighted by Gasteiger charge is -2.30. The van der Waals surface area contributed by atoms with Gasteiger partial charge in [-0.25, -0.2) is 8.42 Å². The van der Waals surface area contributed by atoms with Crippen LogP contribution in [0.3, 0.4) is 0 Å². The second-order valence-corrected chi connectivity index (χ2v) is 9.73. The summed E-state index contributed by atoms with van der Waals surface area (Å²) >= 11 is 0. The van der Waals surface area contributed by atoms with Gasteiger partial charge in [0.1, 0.15) is 5.69 Å². The Hall–Kier alpha value is -3.52. The van der Waals surface area contributed by atoms with Crippen LogP contribution >= 0.6 is 0 Å². The molecule has 0 saturated carbocycles. The van der Waals surface area contributed by atoms with Crippen LogP contribution in [0.25, 0.3) is 0 Å². The van der Waals surface area contributed by atoms with E-state index in [1.165, 1.54) is 15.4 Å². The Morgan fingerprint density at radius 3 is 2.47 bits per heavy atom. The van der Waals surface area contributed by atoms with Crippen LogP contribution in [-0.4, -0.2) is 43.2 Å². The Morgan fingerprint density at radius 1 is 0.906 bits per heavy atom. The van der Waals surface area contributed by atoms with Gasteiger partial charge in [0.25, 0.3) is 21.8 Å². The number of imide groups is 1. The van der Waals surface area contributed by atoms with E-state index in [2.05, 4.69) is 4.98 Å². The summed E-state index contributed by atoms with van der Waals surface area (Å²) in [7, 11) is -3.67. The van der Waals surface area contributed by atoms with Crippen molar-refractivity contribution in [1.82, 2.24) is 9.88 Å². The van der Waals surface area contributed by atoms with Gasteiger partial charge in [0, 0.05) is 19.3 Å². The van der Waals surface area contributed by atoms with Crippen molar-refractivity contribution in [3.63, 3.8) is 0 Å². The molecule has 32 heavy (non-hydrogen) atoms. The molecule has 8 heteroatoms. The number of sulfonamides is 1. The van der Waals surface area contributed by atoms with E-state index in [0.29, 0.717) is 18.5 Å². The molecule has 0 aliphatic carbocycles. The molecule has 0 radical (unpaired) electrons. The third-order valence-corrected chi connectivity index (χ3v) is 7.76. The largest absolute Gasteiger partial charge is 0.280 e. The van der Waals surface area contributed by atoms with E-state index in [4.69, 9.17) is 0 Å². The molecule has 7 nitrogen and oxygen atoms in total. The van der Waals surface area contributed by atoms with Gasteiger partial charge in [-0.05, 0) is 60.7 Å². The van der Waals surface area contributed by atoms with Gasteiger partial charge in [0.2, 0.25) is 0 Å². The average molecular weight is 448 g/mol. The van der Waals surface area contributed by atoms with Crippen molar-refractivity contribution < 1.29 is 18.0 Å². The second-order valence-electron chi connectivity index (χ2n) is 7.86. The van der Waals surface area contributed by atoms with Crippen LogP contribution < -0.4 is 4.31 Å². The maximum Gasteiger partial charge on any atom is 0.280 e. The number of aromatic nitrogens is 1. The molecule has 2 aliphatic rings. The second kappa shape index (κ2) is 7.87. The molecule has 2 amide bonds. The van der Waals surface area contributed by atoms with Crippen molar-refractivity contribution >= 4 is 27.5 Å². The Balaban J connectivity index is 1.31. The number of anilines is 1. The highest BCUT2D eigenvalue weighted by atomic mass is 32.2. The summed E-state index contributed by atoms with van der Waals surface area (Å²) < 4.78 is 28.0. The number of pyridine rings is 1. The van der Waals surface area contributed by atoms with E-state index in [1.807, 2.05) is 24.3 Å². The third-order valence-electron chi connectivity index (χ3n) is 5.93. The summed E-state index contributed by atoms with van der Waals surface area (Å²) in [6, 6.07) is 17.5. The van der Waals surface area contributed by atoms with E-state index >= 15 is 0 Å². The number of nitrogens with zero attached hydrogens (tertiary/aromatic N) is 3. The summed E-state index contributed by atoms with van der Waals surface area (Å²) in [5, 5.41) is 0. The van der Waals surface area contributed by atoms with E-state index in [-0.39, 0.29) is 23.0 Å². The lowest BCUT2D eigenvalue weighted by atomic mass is 10.0. The van der Waals surface area contributed by atoms with Crippen LogP contribution in [0, 0.1) is 0 Å². The normalized spacial score (nSPS) is 15.6. The highest BCUT2D eigenvalue weighted by molar-refractivity contribution is 7.92. The molecule has 0 fully saturated rings. The minimum Gasteiger partial charge on any atom is -0.273 e. The average Bonchev–Trinajstić information content (AvgIpc) is 3.07. The highest BCUT2D eigenvalue weighted by Crippen LogP contribution is 2.32. The molecule has 0 unspecified atom stereocenters. The van der Waals surface area contributed by atoms with Gasteiger partial charge in [0.15, 0.2) is 0 Å². The molecule has 0 N–H and O–H groups in total. The molecule has 0 spiro atoms. The first kappa shape index (κ1) is 20.4. The molecule has 5 rings (SSSR count). The summed E-state index contributed by atoms with van der Waals surface area (Å²) in [5.41, 5.74) is 3.12. The van der Waals surface area contributed by atoms with Crippen LogP contribution in [0.5, 0.6) is 0 Å². The Bertz CT molecular complexity index is 1280. The number of rotatable bonds is 5. The fraction of sp³-hybridized carbons (Fsp3) is 0.208. The summed E-state index contributed by atoms with van der Waals surface area (Å²) in [4.78, 5) is 30.3. The Morgan fingerprint density at radius 2 is 1.69 bits per heavy atom. The van der Waals surface area contributed by atoms with E-state index < -0.39 is 15.9 Å². The zero-order chi connectivity index (χ0) is 22.3. The molecule has 1 aromatic heterocycles. The summed E-state index contributed by atoms with van der Waals surface area (Å²) in [6.07, 6.45) is 3.57. The smallest absolute Gasteiger partial charge is 0.273 e. The third kappa shape index (κ3) is 3.36. The van der Waals surface area contributed by atoms with Crippen LogP contribution in [0.1, 0.15) is 38.4 Å². The van der Waals surface area contributed by atoms with Crippen LogP contribution in [-0.2, 0) is 22.9 Å². The molecule has 0 saturated heterocycles. The number of hydrogen-bond donors (Lipinski definition) is 0. The maximum atomic E-state index is 13.3. The van der Waals surface area contributed by atoms with E-state index in [1.54, 1.807) is 36.4 Å². The Kier molecular flexibility index (Phi) is 5.01. The SMILES string of the molecule is O=C1c2cccnc2C(=O)N1CCc1ccc(S(=O)(=O)N2CCCc3ccccc32)cc1. The molecule has 3 heterocycles. The number of hydrogen-bond acceptors (Lipinski definition) is 5. The first-order valence-electron chi connectivity index (χ1n) is 10.5. The summed E-state index contributed by atoms with van der Waals surface area (Å²) in [5.74, 6) is -0.741. The zero-order valence-corrected chi connectivity index (χ0v) is 18.1. The predicted molar refractivity (Wildman–Crippen MR) is 119 cm³/mol. The molecule has 2 aromatic carbocycles. The van der Waals surface area contributed by atoms with Gasteiger partial charge < -0.3 is 0 Å². The van der Waals surface area contributed by atoms with Gasteiger partial charge in [-0.15, -0.1) is 0 Å². The van der Waals surface area contributed by atoms with Crippen LogP contribution in [0.4, 0.5) is 5.69 Å². The standard InChI is InChI=1S/C24H21N3O4S/c28-23-20-7-3-14-25-22(20)24(29)26(23)16-13-17-9-11-19(12-10-17)32(30,31)27-15-4-6-18-5-1-2-8-21(18)27/h1-3,5,7-12,14H,4,6,13,15-16H2. The number of carbonyl (C=O) groups is 2. The fourth-order valence-electron chi connectivity index (χ4n) is 4.26. The monoisotopic (exact) mass is 447 g/mol. The van der Waals surface area contributed by atoms with Crippen LogP contribution in [0.15, 0.2) is 71.8 Å². The number of fused-ring (bicyclic) bond motifs is 2. The topological polar surface area (TPSA) is 87.6 Å². The quantitative estimate of drug-likeness (QED) is 0.561. The first-order valence-corrected chi connectivity index (χ1v) is 11.9. The van der Waals surface area contributed by atoms with Crippen molar-refractivity contribution in [3.05, 3.63) is 89.2 Å². The minimum absolute atomic E-state index is 0.181. The van der Waals surface area contributed by atoms with Crippen molar-refractivity contribution in [2.45, 2.75) is 24.2 Å².